The molecule has 4 nitrogen and oxygen atoms in total. The lowest BCUT2D eigenvalue weighted by atomic mass is 10.0. The van der Waals surface area contributed by atoms with Gasteiger partial charge >= 0.3 is 0 Å². The van der Waals surface area contributed by atoms with E-state index in [2.05, 4.69) is 0 Å². The molecule has 0 fully saturated rings. The van der Waals surface area contributed by atoms with Crippen LogP contribution in [0, 0.1) is 0 Å². The van der Waals surface area contributed by atoms with Crippen LogP contribution in [-0.2, 0) is 4.79 Å². The summed E-state index contributed by atoms with van der Waals surface area (Å²) >= 11 is 5.85. The van der Waals surface area contributed by atoms with Crippen LogP contribution in [0.2, 0.25) is 5.02 Å². The van der Waals surface area contributed by atoms with Crippen molar-refractivity contribution in [1.29, 1.82) is 0 Å². The molecule has 0 aliphatic carbocycles. The zero-order valence-corrected chi connectivity index (χ0v) is 15.0. The maximum absolute atomic E-state index is 12.4. The molecule has 0 unspecified atom stereocenters. The number of fused-ring (bicyclic) bond motifs is 1. The second-order valence-electron chi connectivity index (χ2n) is 6.41. The van der Waals surface area contributed by atoms with E-state index in [0.717, 1.165) is 5.56 Å². The number of hydrogen-bond donors (Lipinski definition) is 0. The van der Waals surface area contributed by atoms with Crippen molar-refractivity contribution in [2.75, 3.05) is 11.9 Å². The summed E-state index contributed by atoms with van der Waals surface area (Å²) in [5, 5.41) is 0.650. The van der Waals surface area contributed by atoms with Gasteiger partial charge in [-0.05, 0) is 55.8 Å². The van der Waals surface area contributed by atoms with Crippen molar-refractivity contribution in [2.24, 2.45) is 0 Å². The molecule has 1 aliphatic rings. The standard InChI is InChI=1S/C20H18ClNO3/c1-20(2)19(24)22(3)16-10-7-14(12-18(16)25-20)17(23)11-6-13-4-8-15(21)9-5-13/h4-12H,1-3H3/b11-6+. The van der Waals surface area contributed by atoms with Gasteiger partial charge in [-0.1, -0.05) is 29.8 Å². The normalized spacial score (nSPS) is 15.8. The van der Waals surface area contributed by atoms with Gasteiger partial charge in [0.1, 0.15) is 5.75 Å². The van der Waals surface area contributed by atoms with Crippen molar-refractivity contribution < 1.29 is 14.3 Å². The molecule has 0 saturated carbocycles. The van der Waals surface area contributed by atoms with Crippen molar-refractivity contribution in [2.45, 2.75) is 19.4 Å². The summed E-state index contributed by atoms with van der Waals surface area (Å²) in [7, 11) is 1.70. The van der Waals surface area contributed by atoms with Crippen LogP contribution in [0.15, 0.2) is 48.5 Å². The molecule has 0 aromatic heterocycles. The molecule has 3 rings (SSSR count). The van der Waals surface area contributed by atoms with Crippen LogP contribution in [0.4, 0.5) is 5.69 Å². The van der Waals surface area contributed by atoms with Gasteiger partial charge < -0.3 is 9.64 Å². The Balaban J connectivity index is 1.86. The van der Waals surface area contributed by atoms with E-state index >= 15 is 0 Å². The number of carbonyl (C=O) groups is 2. The number of amides is 1. The molecular weight excluding hydrogens is 338 g/mol. The van der Waals surface area contributed by atoms with Gasteiger partial charge in [-0.3, -0.25) is 9.59 Å². The zero-order chi connectivity index (χ0) is 18.2. The van der Waals surface area contributed by atoms with Gasteiger partial charge in [0.25, 0.3) is 5.91 Å². The van der Waals surface area contributed by atoms with E-state index in [1.165, 1.54) is 6.08 Å². The molecule has 25 heavy (non-hydrogen) atoms. The summed E-state index contributed by atoms with van der Waals surface area (Å²) in [6.07, 6.45) is 3.24. The van der Waals surface area contributed by atoms with Crippen LogP contribution in [0.3, 0.4) is 0 Å². The Bertz CT molecular complexity index is 869. The first-order valence-corrected chi connectivity index (χ1v) is 8.25. The number of ether oxygens (including phenoxy) is 1. The molecule has 1 heterocycles. The third-order valence-electron chi connectivity index (χ3n) is 4.09. The molecule has 0 spiro atoms. The fourth-order valence-corrected chi connectivity index (χ4v) is 2.83. The van der Waals surface area contributed by atoms with E-state index in [4.69, 9.17) is 16.3 Å². The molecule has 0 N–H and O–H groups in total. The number of ketones is 1. The fraction of sp³-hybridized carbons (Fsp3) is 0.200. The number of hydrogen-bond acceptors (Lipinski definition) is 3. The molecule has 0 saturated heterocycles. The topological polar surface area (TPSA) is 46.6 Å². The monoisotopic (exact) mass is 355 g/mol. The van der Waals surface area contributed by atoms with E-state index in [-0.39, 0.29) is 11.7 Å². The van der Waals surface area contributed by atoms with Gasteiger partial charge in [-0.25, -0.2) is 0 Å². The van der Waals surface area contributed by atoms with Gasteiger partial charge in [0.2, 0.25) is 0 Å². The van der Waals surface area contributed by atoms with Crippen molar-refractivity contribution in [1.82, 2.24) is 0 Å². The number of allylic oxidation sites excluding steroid dienone is 1. The largest absolute Gasteiger partial charge is 0.476 e. The maximum Gasteiger partial charge on any atom is 0.270 e. The van der Waals surface area contributed by atoms with Gasteiger partial charge in [-0.2, -0.15) is 0 Å². The van der Waals surface area contributed by atoms with Gasteiger partial charge in [-0.15, -0.1) is 0 Å². The number of benzene rings is 2. The Morgan fingerprint density at radius 2 is 1.84 bits per heavy atom. The molecule has 0 atom stereocenters. The summed E-state index contributed by atoms with van der Waals surface area (Å²) in [5.41, 5.74) is 1.09. The molecular formula is C20H18ClNO3. The highest BCUT2D eigenvalue weighted by atomic mass is 35.5. The third-order valence-corrected chi connectivity index (χ3v) is 4.34. The molecule has 0 bridgehead atoms. The maximum atomic E-state index is 12.4. The van der Waals surface area contributed by atoms with Crippen molar-refractivity contribution in [3.8, 4) is 5.75 Å². The minimum absolute atomic E-state index is 0.123. The number of rotatable bonds is 3. The lowest BCUT2D eigenvalue weighted by Crippen LogP contribution is -2.50. The third kappa shape index (κ3) is 3.44. The Hall–Kier alpha value is -2.59. The SMILES string of the molecule is CN1C(=O)C(C)(C)Oc2cc(C(=O)/C=C/c3ccc(Cl)cc3)ccc21. The van der Waals surface area contributed by atoms with E-state index in [9.17, 15) is 9.59 Å². The number of halogens is 1. The van der Waals surface area contributed by atoms with Crippen molar-refractivity contribution in [3.63, 3.8) is 0 Å². The van der Waals surface area contributed by atoms with Crippen LogP contribution in [0.25, 0.3) is 6.08 Å². The Kier molecular flexibility index (Phi) is 4.39. The zero-order valence-electron chi connectivity index (χ0n) is 14.2. The predicted molar refractivity (Wildman–Crippen MR) is 99.4 cm³/mol. The first kappa shape index (κ1) is 17.2. The summed E-state index contributed by atoms with van der Waals surface area (Å²) in [4.78, 5) is 26.2. The van der Waals surface area contributed by atoms with E-state index in [1.54, 1.807) is 62.2 Å². The molecule has 1 amide bonds. The highest BCUT2D eigenvalue weighted by molar-refractivity contribution is 6.30. The highest BCUT2D eigenvalue weighted by Gasteiger charge is 2.39. The first-order chi connectivity index (χ1) is 11.8. The average molecular weight is 356 g/mol. The minimum atomic E-state index is -0.956. The van der Waals surface area contributed by atoms with Crippen LogP contribution in [0.5, 0.6) is 5.75 Å². The van der Waals surface area contributed by atoms with E-state index in [0.29, 0.717) is 22.0 Å². The molecule has 2 aromatic rings. The summed E-state index contributed by atoms with van der Waals surface area (Å²) in [6.45, 7) is 3.42. The lowest BCUT2D eigenvalue weighted by molar-refractivity contribution is -0.132. The Morgan fingerprint density at radius 1 is 1.16 bits per heavy atom. The second-order valence-corrected chi connectivity index (χ2v) is 6.84. The van der Waals surface area contributed by atoms with Crippen molar-refractivity contribution in [3.05, 3.63) is 64.7 Å². The predicted octanol–water partition coefficient (Wildman–Crippen LogP) is 4.37. The molecule has 1 aliphatic heterocycles. The second kappa shape index (κ2) is 6.37. The van der Waals surface area contributed by atoms with E-state index in [1.807, 2.05) is 12.1 Å². The van der Waals surface area contributed by atoms with Crippen molar-refractivity contribution >= 4 is 35.1 Å². The minimum Gasteiger partial charge on any atom is -0.476 e. The first-order valence-electron chi connectivity index (χ1n) is 7.87. The molecule has 128 valence electrons. The van der Waals surface area contributed by atoms with E-state index < -0.39 is 5.60 Å². The highest BCUT2D eigenvalue weighted by Crippen LogP contribution is 2.37. The summed E-state index contributed by atoms with van der Waals surface area (Å²) < 4.78 is 5.79. The number of likely N-dealkylation sites (N-methyl/N-ethyl adjacent to an activating group) is 1. The van der Waals surface area contributed by atoms with Crippen LogP contribution in [-0.4, -0.2) is 24.3 Å². The van der Waals surface area contributed by atoms with Crippen LogP contribution in [0.1, 0.15) is 29.8 Å². The quantitative estimate of drug-likeness (QED) is 0.606. The lowest BCUT2D eigenvalue weighted by Gasteiger charge is -2.36. The number of carbonyl (C=O) groups excluding carboxylic acids is 2. The number of nitrogens with zero attached hydrogens (tertiary/aromatic N) is 1. The molecule has 2 aromatic carbocycles. The number of anilines is 1. The summed E-state index contributed by atoms with van der Waals surface area (Å²) in [5.74, 6) is 0.262. The van der Waals surface area contributed by atoms with Gasteiger partial charge in [0, 0.05) is 17.6 Å². The van der Waals surface area contributed by atoms with Crippen LogP contribution >= 0.6 is 11.6 Å². The Morgan fingerprint density at radius 3 is 2.52 bits per heavy atom. The van der Waals surface area contributed by atoms with Gasteiger partial charge in [0.15, 0.2) is 11.4 Å². The fourth-order valence-electron chi connectivity index (χ4n) is 2.70. The van der Waals surface area contributed by atoms with Crippen LogP contribution < -0.4 is 9.64 Å². The summed E-state index contributed by atoms with van der Waals surface area (Å²) in [6, 6.07) is 12.3. The average Bonchev–Trinajstić information content (AvgIpc) is 2.58. The molecule has 5 heteroatoms. The van der Waals surface area contributed by atoms with Gasteiger partial charge in [0.05, 0.1) is 5.69 Å². The smallest absolute Gasteiger partial charge is 0.270 e. The molecule has 0 radical (unpaired) electrons. The Labute approximate surface area is 151 Å².